The summed E-state index contributed by atoms with van der Waals surface area (Å²) in [5.74, 6) is -3.40. The number of aliphatic hydroxyl groups excluding tert-OH is 4. The molecule has 0 bridgehead atoms. The molecular weight excluding hydrogens is 674 g/mol. The normalized spacial score (nSPS) is 25.6. The number of hydrogen-bond donors (Lipinski definition) is 7. The van der Waals surface area contributed by atoms with Crippen LogP contribution in [0.4, 0.5) is 5.69 Å². The SMILES string of the molecule is CCC1=NCN=C1Cc1cc(/C=C/C(=O)N2c3cc(O[C@@H]4O[C@H](CO)[C@@H](O)[C@H](O)[C@H]4O)c(O)cc3[C@H](CCc3ccccc3)[C@@H]2C(=O)O)ccc1O. The van der Waals surface area contributed by atoms with E-state index in [1.54, 1.807) is 12.1 Å². The summed E-state index contributed by atoms with van der Waals surface area (Å²) in [6.45, 7) is 1.61. The molecule has 3 aliphatic heterocycles. The van der Waals surface area contributed by atoms with Crippen LogP contribution in [0.2, 0.25) is 0 Å². The van der Waals surface area contributed by atoms with E-state index in [4.69, 9.17) is 9.47 Å². The van der Waals surface area contributed by atoms with Gasteiger partial charge in [-0.1, -0.05) is 43.3 Å². The molecule has 14 nitrogen and oxygen atoms in total. The molecule has 3 aromatic carbocycles. The van der Waals surface area contributed by atoms with Crippen LogP contribution in [0.3, 0.4) is 0 Å². The van der Waals surface area contributed by atoms with E-state index in [0.29, 0.717) is 49.0 Å². The number of carbonyl (C=O) groups excluding carboxylic acids is 1. The van der Waals surface area contributed by atoms with E-state index in [1.807, 2.05) is 37.3 Å². The van der Waals surface area contributed by atoms with Crippen molar-refractivity contribution < 1.29 is 54.8 Å². The summed E-state index contributed by atoms with van der Waals surface area (Å²) >= 11 is 0. The molecule has 1 saturated heterocycles. The fraction of sp³-hybridized carbons (Fsp3) is 0.368. The molecule has 3 aromatic rings. The van der Waals surface area contributed by atoms with Gasteiger partial charge >= 0.3 is 5.97 Å². The summed E-state index contributed by atoms with van der Waals surface area (Å²) in [4.78, 5) is 36.9. The molecule has 3 heterocycles. The molecule has 52 heavy (non-hydrogen) atoms. The van der Waals surface area contributed by atoms with Gasteiger partial charge in [0.1, 0.15) is 42.9 Å². The van der Waals surface area contributed by atoms with Crippen LogP contribution in [0.15, 0.2) is 76.7 Å². The number of aliphatic hydroxyl groups is 4. The Hall–Kier alpha value is -5.12. The Kier molecular flexibility index (Phi) is 11.0. The van der Waals surface area contributed by atoms with E-state index in [-0.39, 0.29) is 17.2 Å². The van der Waals surface area contributed by atoms with Crippen molar-refractivity contribution in [3.05, 3.63) is 89.0 Å². The number of aliphatic imine (C=N–C) groups is 2. The van der Waals surface area contributed by atoms with Gasteiger partial charge in [0.05, 0.1) is 23.7 Å². The summed E-state index contributed by atoms with van der Waals surface area (Å²) in [7, 11) is 0. The molecule has 3 aliphatic rings. The van der Waals surface area contributed by atoms with Gasteiger partial charge in [0, 0.05) is 30.0 Å². The molecule has 1 amide bonds. The number of phenolic OH excluding ortho intramolecular Hbond substituents is 2. The Bertz CT molecular complexity index is 1890. The van der Waals surface area contributed by atoms with Crippen molar-refractivity contribution in [2.45, 2.75) is 75.3 Å². The van der Waals surface area contributed by atoms with Crippen LogP contribution in [-0.4, -0.2) is 109 Å². The van der Waals surface area contributed by atoms with Crippen molar-refractivity contribution in [3.8, 4) is 17.2 Å². The lowest BCUT2D eigenvalue weighted by Gasteiger charge is -2.39. The number of carboxylic acid groups (broad SMARTS) is 1. The van der Waals surface area contributed by atoms with Gasteiger partial charge in [0.15, 0.2) is 11.5 Å². The lowest BCUT2D eigenvalue weighted by Crippen LogP contribution is -2.60. The molecule has 0 radical (unpaired) electrons. The number of hydrogen-bond acceptors (Lipinski definition) is 12. The lowest BCUT2D eigenvalue weighted by molar-refractivity contribution is -0.277. The molecule has 274 valence electrons. The lowest BCUT2D eigenvalue weighted by atomic mass is 9.88. The number of carbonyl (C=O) groups is 2. The molecule has 0 aromatic heterocycles. The maximum atomic E-state index is 14.1. The van der Waals surface area contributed by atoms with Crippen molar-refractivity contribution in [2.24, 2.45) is 9.98 Å². The molecule has 7 atom stereocenters. The highest BCUT2D eigenvalue weighted by atomic mass is 16.7. The first-order valence-electron chi connectivity index (χ1n) is 17.0. The van der Waals surface area contributed by atoms with Crippen molar-refractivity contribution in [2.75, 3.05) is 18.2 Å². The first-order chi connectivity index (χ1) is 25.0. The molecule has 0 aliphatic carbocycles. The van der Waals surface area contributed by atoms with Crippen LogP contribution in [0.5, 0.6) is 17.2 Å². The predicted molar refractivity (Wildman–Crippen MR) is 190 cm³/mol. The predicted octanol–water partition coefficient (Wildman–Crippen LogP) is 2.31. The van der Waals surface area contributed by atoms with Gasteiger partial charge in [-0.2, -0.15) is 0 Å². The first kappa shape index (κ1) is 36.7. The summed E-state index contributed by atoms with van der Waals surface area (Å²) in [6, 6.07) is 15.5. The van der Waals surface area contributed by atoms with Gasteiger partial charge in [-0.15, -0.1) is 0 Å². The number of aliphatic carboxylic acids is 1. The van der Waals surface area contributed by atoms with Crippen molar-refractivity contribution in [3.63, 3.8) is 0 Å². The second-order valence-electron chi connectivity index (χ2n) is 12.9. The van der Waals surface area contributed by atoms with Gasteiger partial charge in [-0.3, -0.25) is 19.7 Å². The number of phenols is 2. The number of anilines is 1. The zero-order valence-electron chi connectivity index (χ0n) is 28.3. The van der Waals surface area contributed by atoms with Crippen molar-refractivity contribution >= 4 is 35.1 Å². The van der Waals surface area contributed by atoms with E-state index >= 15 is 0 Å². The number of ether oxygens (including phenoxy) is 2. The first-order valence-corrected chi connectivity index (χ1v) is 17.0. The number of aromatic hydroxyl groups is 2. The Morgan fingerprint density at radius 3 is 2.42 bits per heavy atom. The number of nitrogens with zero attached hydrogens (tertiary/aromatic N) is 3. The van der Waals surface area contributed by atoms with Gasteiger partial charge in [0.25, 0.3) is 5.91 Å². The topological polar surface area (TPSA) is 222 Å². The zero-order chi connectivity index (χ0) is 37.1. The van der Waals surface area contributed by atoms with Crippen molar-refractivity contribution in [1.82, 2.24) is 0 Å². The maximum Gasteiger partial charge on any atom is 0.327 e. The van der Waals surface area contributed by atoms with E-state index in [9.17, 15) is 45.3 Å². The second kappa shape index (κ2) is 15.6. The van der Waals surface area contributed by atoms with Gasteiger partial charge in [-0.25, -0.2) is 4.79 Å². The summed E-state index contributed by atoms with van der Waals surface area (Å²) in [5.41, 5.74) is 4.26. The average molecular weight is 716 g/mol. The minimum atomic E-state index is -1.78. The summed E-state index contributed by atoms with van der Waals surface area (Å²) in [5, 5.41) is 72.8. The van der Waals surface area contributed by atoms with Crippen molar-refractivity contribution in [1.29, 1.82) is 0 Å². The van der Waals surface area contributed by atoms with E-state index < -0.39 is 66.9 Å². The Morgan fingerprint density at radius 1 is 0.962 bits per heavy atom. The smallest absolute Gasteiger partial charge is 0.327 e. The maximum absolute atomic E-state index is 14.1. The van der Waals surface area contributed by atoms with Gasteiger partial charge in [-0.05, 0) is 60.2 Å². The van der Waals surface area contributed by atoms with Crippen LogP contribution < -0.4 is 9.64 Å². The molecule has 6 rings (SSSR count). The third-order valence-corrected chi connectivity index (χ3v) is 9.67. The minimum absolute atomic E-state index is 0.0564. The summed E-state index contributed by atoms with van der Waals surface area (Å²) in [6.07, 6.45) is -3.53. The largest absolute Gasteiger partial charge is 0.508 e. The molecule has 0 saturated carbocycles. The Morgan fingerprint density at radius 2 is 1.71 bits per heavy atom. The molecular formula is C38H41N3O11. The van der Waals surface area contributed by atoms with E-state index in [1.165, 1.54) is 30.4 Å². The highest BCUT2D eigenvalue weighted by molar-refractivity contribution is 6.43. The van der Waals surface area contributed by atoms with E-state index in [2.05, 4.69) is 9.98 Å². The number of carboxylic acids is 1. The van der Waals surface area contributed by atoms with Crippen LogP contribution in [0, 0.1) is 0 Å². The van der Waals surface area contributed by atoms with Crippen LogP contribution in [-0.2, 0) is 27.2 Å². The minimum Gasteiger partial charge on any atom is -0.508 e. The third kappa shape index (κ3) is 7.43. The number of amides is 1. The number of benzene rings is 3. The summed E-state index contributed by atoms with van der Waals surface area (Å²) < 4.78 is 11.2. The van der Waals surface area contributed by atoms with Crippen LogP contribution in [0.25, 0.3) is 6.08 Å². The Labute approximate surface area is 299 Å². The Balaban J connectivity index is 1.33. The number of rotatable bonds is 12. The molecule has 0 spiro atoms. The number of fused-ring (bicyclic) bond motifs is 1. The highest BCUT2D eigenvalue weighted by Gasteiger charge is 2.48. The van der Waals surface area contributed by atoms with Crippen LogP contribution >= 0.6 is 0 Å². The monoisotopic (exact) mass is 715 g/mol. The zero-order valence-corrected chi connectivity index (χ0v) is 28.3. The van der Waals surface area contributed by atoms with Crippen LogP contribution in [0.1, 0.15) is 47.9 Å². The average Bonchev–Trinajstić information content (AvgIpc) is 3.73. The molecule has 0 unspecified atom stereocenters. The third-order valence-electron chi connectivity index (χ3n) is 9.67. The standard InChI is InChI=1S/C38H41N3O11/c1-2-25-26(40-19-39-25)15-22-14-21(9-12-28(22)43)10-13-32(45)41-27-17-30(51-38-36(48)35(47)34(46)31(18-42)52-38)29(44)16-24(27)23(33(41)37(49)50)11-8-20-6-4-3-5-7-20/h3-7,9-10,12-14,16-17,23,31,33-36,38,42-44,46-48H,2,8,11,15,18-19H2,1H3,(H,49,50)/b13-10+/t23-,31+,33+,34+,35-,36+,38+/m0/s1. The van der Waals surface area contributed by atoms with E-state index in [0.717, 1.165) is 21.9 Å². The quantitative estimate of drug-likeness (QED) is 0.135. The highest BCUT2D eigenvalue weighted by Crippen LogP contribution is 2.48. The van der Waals surface area contributed by atoms with Gasteiger partial charge in [0.2, 0.25) is 6.29 Å². The fourth-order valence-corrected chi connectivity index (χ4v) is 6.92. The molecule has 14 heteroatoms. The molecule has 7 N–H and O–H groups in total. The number of aryl methyl sites for hydroxylation is 1. The fourth-order valence-electron chi connectivity index (χ4n) is 6.92. The van der Waals surface area contributed by atoms with Gasteiger partial charge < -0.3 is 45.2 Å². The molecule has 1 fully saturated rings. The second-order valence-corrected chi connectivity index (χ2v) is 12.9.